The number of allylic oxidation sites excluding steroid dienone is 1. The first-order valence-electron chi connectivity index (χ1n) is 3.78. The van der Waals surface area contributed by atoms with Crippen LogP contribution in [-0.4, -0.2) is 14.8 Å². The highest BCUT2D eigenvalue weighted by Crippen LogP contribution is 2.42. The van der Waals surface area contributed by atoms with E-state index >= 15 is 0 Å². The maximum atomic E-state index is 10.6. The molecule has 0 aromatic rings. The van der Waals surface area contributed by atoms with Crippen molar-refractivity contribution in [1.82, 2.24) is 0 Å². The molecule has 1 aliphatic carbocycles. The molecule has 0 amide bonds. The number of hydrogen-bond acceptors (Lipinski definition) is 2. The number of rotatable bonds is 1. The molecule has 74 valence electrons. The van der Waals surface area contributed by atoms with Crippen molar-refractivity contribution in [3.8, 4) is 0 Å². The molecule has 3 nitrogen and oxygen atoms in total. The summed E-state index contributed by atoms with van der Waals surface area (Å²) in [4.78, 5) is 10.2. The molecule has 0 aromatic heterocycles. The molecule has 1 rings (SSSR count). The number of hydrogen-bond donors (Lipinski definition) is 0. The summed E-state index contributed by atoms with van der Waals surface area (Å²) in [5, 5.41) is 10.6. The van der Waals surface area contributed by atoms with Gasteiger partial charge in [-0.2, -0.15) is 0 Å². The average Bonchev–Trinajstić information content (AvgIpc) is 2.03. The second kappa shape index (κ2) is 4.03. The van der Waals surface area contributed by atoms with E-state index in [1.165, 1.54) is 0 Å². The van der Waals surface area contributed by atoms with Gasteiger partial charge in [0.05, 0.1) is 5.92 Å². The minimum atomic E-state index is -1.55. The van der Waals surface area contributed by atoms with Crippen molar-refractivity contribution in [2.45, 2.75) is 22.7 Å². The quantitative estimate of drug-likeness (QED) is 0.308. The first kappa shape index (κ1) is 11.1. The van der Waals surface area contributed by atoms with Crippen molar-refractivity contribution >= 4 is 34.8 Å². The molecule has 1 aliphatic rings. The number of nitrogens with zero attached hydrogens (tertiary/aromatic N) is 1. The molecule has 2 atom stereocenters. The van der Waals surface area contributed by atoms with E-state index in [0.29, 0.717) is 12.8 Å². The number of alkyl halides is 3. The van der Waals surface area contributed by atoms with E-state index in [1.807, 2.05) is 6.08 Å². The molecular weight excluding hydrogens is 236 g/mol. The Balaban J connectivity index is 2.81. The van der Waals surface area contributed by atoms with Crippen molar-refractivity contribution in [2.24, 2.45) is 5.92 Å². The van der Waals surface area contributed by atoms with E-state index in [-0.39, 0.29) is 4.92 Å². The van der Waals surface area contributed by atoms with E-state index in [4.69, 9.17) is 34.8 Å². The second-order valence-electron chi connectivity index (χ2n) is 2.94. The van der Waals surface area contributed by atoms with E-state index < -0.39 is 15.8 Å². The van der Waals surface area contributed by atoms with Crippen molar-refractivity contribution in [3.63, 3.8) is 0 Å². The van der Waals surface area contributed by atoms with Crippen LogP contribution in [0.3, 0.4) is 0 Å². The van der Waals surface area contributed by atoms with Gasteiger partial charge < -0.3 is 0 Å². The summed E-state index contributed by atoms with van der Waals surface area (Å²) in [6.45, 7) is 0. The standard InChI is InChI=1S/C7H8Cl3NO2/c8-7(9,10)5-3-1-2-4-6(5)11(12)13/h1-2,5-6H,3-4H2/t5-,6+/m1/s1. The third-order valence-electron chi connectivity index (χ3n) is 2.09. The second-order valence-corrected chi connectivity index (χ2v) is 5.31. The molecule has 0 bridgehead atoms. The fourth-order valence-electron chi connectivity index (χ4n) is 1.38. The van der Waals surface area contributed by atoms with Crippen molar-refractivity contribution < 1.29 is 4.92 Å². The summed E-state index contributed by atoms with van der Waals surface area (Å²) in [5.74, 6) is -0.530. The SMILES string of the molecule is O=[N+]([O-])[C@H]1CC=CC[C@H]1C(Cl)(Cl)Cl. The topological polar surface area (TPSA) is 43.1 Å². The first-order valence-corrected chi connectivity index (χ1v) is 4.91. The molecule has 0 unspecified atom stereocenters. The van der Waals surface area contributed by atoms with Crippen LogP contribution < -0.4 is 0 Å². The van der Waals surface area contributed by atoms with E-state index in [9.17, 15) is 10.1 Å². The van der Waals surface area contributed by atoms with Crippen LogP contribution in [-0.2, 0) is 0 Å². The smallest absolute Gasteiger partial charge is 0.223 e. The molecule has 0 saturated heterocycles. The Labute approximate surface area is 90.8 Å². The van der Waals surface area contributed by atoms with Gasteiger partial charge in [0.15, 0.2) is 3.79 Å². The highest BCUT2D eigenvalue weighted by Gasteiger charge is 2.44. The van der Waals surface area contributed by atoms with Gasteiger partial charge >= 0.3 is 0 Å². The Kier molecular flexibility index (Phi) is 3.44. The van der Waals surface area contributed by atoms with Crippen LogP contribution >= 0.6 is 34.8 Å². The lowest BCUT2D eigenvalue weighted by atomic mass is 9.91. The summed E-state index contributed by atoms with van der Waals surface area (Å²) in [5.41, 5.74) is 0. The summed E-state index contributed by atoms with van der Waals surface area (Å²) in [7, 11) is 0. The van der Waals surface area contributed by atoms with Gasteiger partial charge in [-0.15, -0.1) is 0 Å². The van der Waals surface area contributed by atoms with Crippen molar-refractivity contribution in [3.05, 3.63) is 22.3 Å². The summed E-state index contributed by atoms with van der Waals surface area (Å²) >= 11 is 16.9. The lowest BCUT2D eigenvalue weighted by Crippen LogP contribution is -2.38. The summed E-state index contributed by atoms with van der Waals surface area (Å²) < 4.78 is -1.55. The van der Waals surface area contributed by atoms with Gasteiger partial charge in [0.25, 0.3) is 0 Å². The fourth-order valence-corrected chi connectivity index (χ4v) is 2.09. The zero-order valence-corrected chi connectivity index (χ0v) is 8.89. The molecule has 0 heterocycles. The van der Waals surface area contributed by atoms with E-state index in [2.05, 4.69) is 0 Å². The predicted molar refractivity (Wildman–Crippen MR) is 52.9 cm³/mol. The van der Waals surface area contributed by atoms with E-state index in [0.717, 1.165) is 0 Å². The Hall–Kier alpha value is 0.01000. The normalized spacial score (nSPS) is 28.8. The Morgan fingerprint density at radius 3 is 2.23 bits per heavy atom. The lowest BCUT2D eigenvalue weighted by Gasteiger charge is -2.27. The Morgan fingerprint density at radius 2 is 1.85 bits per heavy atom. The maximum Gasteiger partial charge on any atom is 0.223 e. The zero-order chi connectivity index (χ0) is 10.1. The third-order valence-corrected chi connectivity index (χ3v) is 2.93. The maximum absolute atomic E-state index is 10.6. The molecular formula is C7H8Cl3NO2. The van der Waals surface area contributed by atoms with Gasteiger partial charge in [-0.1, -0.05) is 47.0 Å². The van der Waals surface area contributed by atoms with Gasteiger partial charge in [0.1, 0.15) is 0 Å². The molecule has 6 heteroatoms. The lowest BCUT2D eigenvalue weighted by molar-refractivity contribution is -0.531. The van der Waals surface area contributed by atoms with Gasteiger partial charge in [0, 0.05) is 11.3 Å². The molecule has 0 radical (unpaired) electrons. The molecule has 0 aliphatic heterocycles. The number of nitro groups is 1. The monoisotopic (exact) mass is 243 g/mol. The zero-order valence-electron chi connectivity index (χ0n) is 6.62. The molecule has 0 aromatic carbocycles. The van der Waals surface area contributed by atoms with Crippen LogP contribution in [0.15, 0.2) is 12.2 Å². The first-order chi connectivity index (χ1) is 5.93. The van der Waals surface area contributed by atoms with Crippen LogP contribution in [0.25, 0.3) is 0 Å². The van der Waals surface area contributed by atoms with Gasteiger partial charge in [-0.3, -0.25) is 10.1 Å². The highest BCUT2D eigenvalue weighted by molar-refractivity contribution is 6.67. The van der Waals surface area contributed by atoms with Crippen molar-refractivity contribution in [2.75, 3.05) is 0 Å². The summed E-state index contributed by atoms with van der Waals surface area (Å²) in [6.07, 6.45) is 4.35. The van der Waals surface area contributed by atoms with Crippen LogP contribution in [0.4, 0.5) is 0 Å². The van der Waals surface area contributed by atoms with E-state index in [1.54, 1.807) is 6.08 Å². The molecule has 13 heavy (non-hydrogen) atoms. The van der Waals surface area contributed by atoms with Crippen molar-refractivity contribution in [1.29, 1.82) is 0 Å². The van der Waals surface area contributed by atoms with Gasteiger partial charge in [-0.25, -0.2) is 0 Å². The van der Waals surface area contributed by atoms with Crippen LogP contribution in [0.5, 0.6) is 0 Å². The van der Waals surface area contributed by atoms with Gasteiger partial charge in [0.2, 0.25) is 6.04 Å². The largest absolute Gasteiger partial charge is 0.264 e. The minimum Gasteiger partial charge on any atom is -0.264 e. The Bertz CT molecular complexity index is 236. The number of halogens is 3. The molecule has 0 N–H and O–H groups in total. The minimum absolute atomic E-state index is 0.339. The van der Waals surface area contributed by atoms with Crippen LogP contribution in [0.2, 0.25) is 0 Å². The Morgan fingerprint density at radius 1 is 1.31 bits per heavy atom. The van der Waals surface area contributed by atoms with Crippen LogP contribution in [0, 0.1) is 16.0 Å². The third kappa shape index (κ3) is 2.73. The molecule has 0 fully saturated rings. The fraction of sp³-hybridized carbons (Fsp3) is 0.714. The molecule has 0 saturated carbocycles. The highest BCUT2D eigenvalue weighted by atomic mass is 35.6. The van der Waals surface area contributed by atoms with Crippen LogP contribution in [0.1, 0.15) is 12.8 Å². The molecule has 0 spiro atoms. The van der Waals surface area contributed by atoms with Gasteiger partial charge in [-0.05, 0) is 6.42 Å². The predicted octanol–water partition coefficient (Wildman–Crippen LogP) is 2.97. The summed E-state index contributed by atoms with van der Waals surface area (Å²) in [6, 6.07) is -0.780. The average molecular weight is 245 g/mol.